The molecule has 2 heterocycles. The van der Waals surface area contributed by atoms with Gasteiger partial charge in [0.2, 0.25) is 0 Å². The van der Waals surface area contributed by atoms with E-state index in [-0.39, 0.29) is 0 Å². The van der Waals surface area contributed by atoms with Gasteiger partial charge in [0.05, 0.1) is 11.4 Å². The molecule has 1 N–H and O–H groups in total. The zero-order valence-electron chi connectivity index (χ0n) is 11.2. The molecular weight excluding hydrogens is 212 g/mol. The third-order valence-corrected chi connectivity index (χ3v) is 3.46. The van der Waals surface area contributed by atoms with E-state index in [1.807, 2.05) is 18.7 Å². The predicted molar refractivity (Wildman–Crippen MR) is 69.9 cm³/mol. The van der Waals surface area contributed by atoms with Crippen LogP contribution in [0.4, 0.5) is 0 Å². The number of rotatable bonds is 5. The lowest BCUT2D eigenvalue weighted by Crippen LogP contribution is -2.37. The summed E-state index contributed by atoms with van der Waals surface area (Å²) in [5, 5.41) is 7.94. The van der Waals surface area contributed by atoms with Crippen molar-refractivity contribution in [3.05, 3.63) is 17.5 Å². The summed E-state index contributed by atoms with van der Waals surface area (Å²) >= 11 is 0. The zero-order chi connectivity index (χ0) is 12.3. The Kier molecular flexibility index (Phi) is 4.18. The molecule has 1 aromatic rings. The first kappa shape index (κ1) is 12.6. The van der Waals surface area contributed by atoms with E-state index in [0.717, 1.165) is 18.8 Å². The molecule has 0 radical (unpaired) electrons. The van der Waals surface area contributed by atoms with Crippen LogP contribution in [0.3, 0.4) is 0 Å². The number of nitrogens with one attached hydrogen (secondary N) is 1. The van der Waals surface area contributed by atoms with Gasteiger partial charge in [-0.25, -0.2) is 0 Å². The summed E-state index contributed by atoms with van der Waals surface area (Å²) in [5.41, 5.74) is 2.35. The van der Waals surface area contributed by atoms with Crippen LogP contribution in [-0.2, 0) is 13.6 Å². The van der Waals surface area contributed by atoms with Gasteiger partial charge in [0.15, 0.2) is 0 Å². The molecule has 1 aliphatic rings. The van der Waals surface area contributed by atoms with Crippen molar-refractivity contribution in [2.24, 2.45) is 7.05 Å². The molecular formula is C13H24N4. The van der Waals surface area contributed by atoms with Crippen molar-refractivity contribution in [2.75, 3.05) is 19.6 Å². The van der Waals surface area contributed by atoms with Crippen LogP contribution in [0.2, 0.25) is 0 Å². The number of likely N-dealkylation sites (tertiary alicyclic amines) is 1. The molecule has 0 bridgehead atoms. The molecule has 1 fully saturated rings. The maximum atomic E-state index is 4.36. The van der Waals surface area contributed by atoms with E-state index in [0.29, 0.717) is 6.04 Å². The summed E-state index contributed by atoms with van der Waals surface area (Å²) in [4.78, 5) is 2.55. The Balaban J connectivity index is 1.75. The monoisotopic (exact) mass is 236 g/mol. The molecule has 1 unspecified atom stereocenters. The first-order valence-electron chi connectivity index (χ1n) is 6.60. The molecule has 2 rings (SSSR count). The Labute approximate surface area is 104 Å². The van der Waals surface area contributed by atoms with Gasteiger partial charge in [-0.15, -0.1) is 0 Å². The SMILES string of the molecule is Cc1cc(CNC(C)CN2CCCC2)n(C)n1. The van der Waals surface area contributed by atoms with Crippen LogP contribution in [-0.4, -0.2) is 40.4 Å². The van der Waals surface area contributed by atoms with Crippen LogP contribution in [0.5, 0.6) is 0 Å². The molecule has 17 heavy (non-hydrogen) atoms. The second kappa shape index (κ2) is 5.65. The lowest BCUT2D eigenvalue weighted by molar-refractivity contribution is 0.297. The average Bonchev–Trinajstić information content (AvgIpc) is 2.86. The van der Waals surface area contributed by atoms with E-state index < -0.39 is 0 Å². The highest BCUT2D eigenvalue weighted by molar-refractivity contribution is 5.08. The van der Waals surface area contributed by atoms with Gasteiger partial charge in [-0.3, -0.25) is 4.68 Å². The molecule has 0 aliphatic carbocycles. The van der Waals surface area contributed by atoms with E-state index in [4.69, 9.17) is 0 Å². The lowest BCUT2D eigenvalue weighted by atomic mass is 10.3. The van der Waals surface area contributed by atoms with Crippen molar-refractivity contribution in [1.29, 1.82) is 0 Å². The Morgan fingerprint density at radius 2 is 2.12 bits per heavy atom. The molecule has 96 valence electrons. The summed E-state index contributed by atoms with van der Waals surface area (Å²) in [6, 6.07) is 2.69. The predicted octanol–water partition coefficient (Wildman–Crippen LogP) is 1.30. The van der Waals surface area contributed by atoms with Gasteiger partial charge < -0.3 is 10.2 Å². The average molecular weight is 236 g/mol. The molecule has 0 spiro atoms. The van der Waals surface area contributed by atoms with Crippen molar-refractivity contribution >= 4 is 0 Å². The number of hydrogen-bond acceptors (Lipinski definition) is 3. The van der Waals surface area contributed by atoms with Crippen molar-refractivity contribution in [2.45, 2.75) is 39.3 Å². The number of nitrogens with zero attached hydrogens (tertiary/aromatic N) is 3. The molecule has 1 aromatic heterocycles. The molecule has 1 atom stereocenters. The maximum Gasteiger partial charge on any atom is 0.0597 e. The number of hydrogen-bond donors (Lipinski definition) is 1. The van der Waals surface area contributed by atoms with E-state index in [1.165, 1.54) is 31.6 Å². The van der Waals surface area contributed by atoms with Crippen LogP contribution in [0, 0.1) is 6.92 Å². The highest BCUT2D eigenvalue weighted by Gasteiger charge is 2.14. The Morgan fingerprint density at radius 3 is 2.71 bits per heavy atom. The van der Waals surface area contributed by atoms with Crippen molar-refractivity contribution in [3.63, 3.8) is 0 Å². The minimum absolute atomic E-state index is 0.545. The van der Waals surface area contributed by atoms with Gasteiger partial charge in [0.25, 0.3) is 0 Å². The summed E-state index contributed by atoms with van der Waals surface area (Å²) in [7, 11) is 2.01. The fourth-order valence-electron chi connectivity index (χ4n) is 2.53. The number of aromatic nitrogens is 2. The quantitative estimate of drug-likeness (QED) is 0.836. The Morgan fingerprint density at radius 1 is 1.41 bits per heavy atom. The van der Waals surface area contributed by atoms with Crippen molar-refractivity contribution < 1.29 is 0 Å². The normalized spacial score (nSPS) is 18.8. The molecule has 4 nitrogen and oxygen atoms in total. The van der Waals surface area contributed by atoms with Crippen LogP contribution in [0.1, 0.15) is 31.2 Å². The van der Waals surface area contributed by atoms with Crippen molar-refractivity contribution in [1.82, 2.24) is 20.0 Å². The summed E-state index contributed by atoms with van der Waals surface area (Å²) in [6.07, 6.45) is 2.74. The van der Waals surface area contributed by atoms with Gasteiger partial charge in [-0.2, -0.15) is 5.10 Å². The van der Waals surface area contributed by atoms with Gasteiger partial charge in [-0.1, -0.05) is 0 Å². The first-order chi connectivity index (χ1) is 8.15. The topological polar surface area (TPSA) is 33.1 Å². The third kappa shape index (κ3) is 3.54. The van der Waals surface area contributed by atoms with E-state index in [9.17, 15) is 0 Å². The molecule has 0 amide bonds. The summed E-state index contributed by atoms with van der Waals surface area (Å²) < 4.78 is 1.96. The van der Waals surface area contributed by atoms with E-state index in [2.05, 4.69) is 28.3 Å². The van der Waals surface area contributed by atoms with Crippen LogP contribution in [0.15, 0.2) is 6.07 Å². The van der Waals surface area contributed by atoms with Gasteiger partial charge in [-0.05, 0) is 45.8 Å². The fourth-order valence-corrected chi connectivity index (χ4v) is 2.53. The summed E-state index contributed by atoms with van der Waals surface area (Å²) in [6.45, 7) is 8.93. The van der Waals surface area contributed by atoms with Gasteiger partial charge >= 0.3 is 0 Å². The molecule has 1 aliphatic heterocycles. The fraction of sp³-hybridized carbons (Fsp3) is 0.769. The largest absolute Gasteiger partial charge is 0.307 e. The van der Waals surface area contributed by atoms with E-state index >= 15 is 0 Å². The highest BCUT2D eigenvalue weighted by Crippen LogP contribution is 2.08. The van der Waals surface area contributed by atoms with Gasteiger partial charge in [0, 0.05) is 26.2 Å². The lowest BCUT2D eigenvalue weighted by Gasteiger charge is -2.21. The summed E-state index contributed by atoms with van der Waals surface area (Å²) in [5.74, 6) is 0. The second-order valence-corrected chi connectivity index (χ2v) is 5.19. The number of aryl methyl sites for hydroxylation is 2. The molecule has 0 saturated carbocycles. The second-order valence-electron chi connectivity index (χ2n) is 5.19. The van der Waals surface area contributed by atoms with Crippen LogP contribution in [0.25, 0.3) is 0 Å². The molecule has 4 heteroatoms. The third-order valence-electron chi connectivity index (χ3n) is 3.46. The minimum atomic E-state index is 0.545. The molecule has 0 aromatic carbocycles. The van der Waals surface area contributed by atoms with Gasteiger partial charge in [0.1, 0.15) is 0 Å². The smallest absolute Gasteiger partial charge is 0.0597 e. The minimum Gasteiger partial charge on any atom is -0.307 e. The first-order valence-corrected chi connectivity index (χ1v) is 6.60. The Bertz CT molecular complexity index is 352. The van der Waals surface area contributed by atoms with Crippen LogP contribution < -0.4 is 5.32 Å². The van der Waals surface area contributed by atoms with E-state index in [1.54, 1.807) is 0 Å². The standard InChI is InChI=1S/C13H24N4/c1-11-8-13(16(3)15-11)9-14-12(2)10-17-6-4-5-7-17/h8,12,14H,4-7,9-10H2,1-3H3. The zero-order valence-corrected chi connectivity index (χ0v) is 11.2. The maximum absolute atomic E-state index is 4.36. The van der Waals surface area contributed by atoms with Crippen molar-refractivity contribution in [3.8, 4) is 0 Å². The Hall–Kier alpha value is -0.870. The molecule has 1 saturated heterocycles. The van der Waals surface area contributed by atoms with Crippen LogP contribution >= 0.6 is 0 Å². The highest BCUT2D eigenvalue weighted by atomic mass is 15.3.